The Kier molecular flexibility index (Phi) is 2.71. The Bertz CT molecular complexity index is 354. The number of amides is 1. The van der Waals surface area contributed by atoms with Crippen molar-refractivity contribution in [2.75, 3.05) is 5.32 Å². The SMILES string of the molecule is CC(C)(C)n1ncc(NC(=O)O)c1Cl. The van der Waals surface area contributed by atoms with Crippen LogP contribution < -0.4 is 5.32 Å². The number of nitrogens with one attached hydrogen (secondary N) is 1. The molecule has 6 heteroatoms. The van der Waals surface area contributed by atoms with E-state index in [1.165, 1.54) is 6.20 Å². The zero-order chi connectivity index (χ0) is 10.9. The normalized spacial score (nSPS) is 11.4. The highest BCUT2D eigenvalue weighted by molar-refractivity contribution is 6.32. The lowest BCUT2D eigenvalue weighted by Gasteiger charge is -2.20. The molecule has 5 nitrogen and oxygen atoms in total. The molecule has 1 amide bonds. The third kappa shape index (κ3) is 2.17. The van der Waals surface area contributed by atoms with Gasteiger partial charge in [0, 0.05) is 0 Å². The second kappa shape index (κ2) is 3.49. The van der Waals surface area contributed by atoms with Crippen molar-refractivity contribution in [1.82, 2.24) is 9.78 Å². The van der Waals surface area contributed by atoms with Crippen molar-refractivity contribution in [3.05, 3.63) is 11.3 Å². The highest BCUT2D eigenvalue weighted by atomic mass is 35.5. The molecule has 78 valence electrons. The predicted molar refractivity (Wildman–Crippen MR) is 53.9 cm³/mol. The standard InChI is InChI=1S/C8H12ClN3O2/c1-8(2,3)12-6(9)5(4-10-12)11-7(13)14/h4,11H,1-3H3,(H,13,14). The summed E-state index contributed by atoms with van der Waals surface area (Å²) < 4.78 is 1.56. The van der Waals surface area contributed by atoms with E-state index in [4.69, 9.17) is 16.7 Å². The van der Waals surface area contributed by atoms with Gasteiger partial charge in [-0.25, -0.2) is 9.48 Å². The van der Waals surface area contributed by atoms with Crippen molar-refractivity contribution in [2.45, 2.75) is 26.3 Å². The number of hydrogen-bond acceptors (Lipinski definition) is 2. The molecule has 2 N–H and O–H groups in total. The van der Waals surface area contributed by atoms with Crippen LogP contribution in [0.15, 0.2) is 6.20 Å². The van der Waals surface area contributed by atoms with E-state index in [-0.39, 0.29) is 5.54 Å². The number of aromatic nitrogens is 2. The second-order valence-electron chi connectivity index (χ2n) is 3.86. The maximum atomic E-state index is 10.4. The average molecular weight is 218 g/mol. The summed E-state index contributed by atoms with van der Waals surface area (Å²) in [5.74, 6) is 0. The summed E-state index contributed by atoms with van der Waals surface area (Å²) in [5, 5.41) is 15.0. The third-order valence-corrected chi connectivity index (χ3v) is 1.95. The van der Waals surface area contributed by atoms with E-state index in [9.17, 15) is 4.79 Å². The van der Waals surface area contributed by atoms with Gasteiger partial charge in [-0.15, -0.1) is 0 Å². The Hall–Kier alpha value is -1.23. The molecule has 0 aliphatic heterocycles. The number of halogens is 1. The minimum atomic E-state index is -1.15. The maximum Gasteiger partial charge on any atom is 0.409 e. The van der Waals surface area contributed by atoms with E-state index in [0.29, 0.717) is 10.8 Å². The highest BCUT2D eigenvalue weighted by Crippen LogP contribution is 2.26. The fourth-order valence-electron chi connectivity index (χ4n) is 1.00. The number of carboxylic acid groups (broad SMARTS) is 1. The summed E-state index contributed by atoms with van der Waals surface area (Å²) in [6.07, 6.45) is 0.238. The summed E-state index contributed by atoms with van der Waals surface area (Å²) >= 11 is 5.93. The van der Waals surface area contributed by atoms with Crippen molar-refractivity contribution in [2.24, 2.45) is 0 Å². The van der Waals surface area contributed by atoms with Crippen LogP contribution in [-0.2, 0) is 5.54 Å². The van der Waals surface area contributed by atoms with Crippen LogP contribution >= 0.6 is 11.6 Å². The minimum absolute atomic E-state index is 0.268. The van der Waals surface area contributed by atoms with Gasteiger partial charge in [0.25, 0.3) is 0 Å². The molecule has 0 atom stereocenters. The summed E-state index contributed by atoms with van der Waals surface area (Å²) in [7, 11) is 0. The van der Waals surface area contributed by atoms with Gasteiger partial charge in [-0.2, -0.15) is 5.10 Å². The molecule has 1 aromatic heterocycles. The number of anilines is 1. The van der Waals surface area contributed by atoms with Gasteiger partial charge in [-0.05, 0) is 20.8 Å². The van der Waals surface area contributed by atoms with Crippen LogP contribution in [0.4, 0.5) is 10.5 Å². The molecule has 14 heavy (non-hydrogen) atoms. The zero-order valence-corrected chi connectivity index (χ0v) is 8.96. The molecule has 0 saturated heterocycles. The maximum absolute atomic E-state index is 10.4. The fourth-order valence-corrected chi connectivity index (χ4v) is 1.39. The van der Waals surface area contributed by atoms with E-state index in [2.05, 4.69) is 10.4 Å². The highest BCUT2D eigenvalue weighted by Gasteiger charge is 2.20. The molecule has 0 aliphatic rings. The molecule has 0 aromatic carbocycles. The first-order valence-electron chi connectivity index (χ1n) is 4.06. The van der Waals surface area contributed by atoms with Gasteiger partial charge in [0.15, 0.2) is 5.15 Å². The first-order valence-corrected chi connectivity index (χ1v) is 4.44. The molecule has 0 spiro atoms. The Morgan fingerprint density at radius 2 is 2.21 bits per heavy atom. The van der Waals surface area contributed by atoms with Gasteiger partial charge in [-0.3, -0.25) is 5.32 Å². The van der Waals surface area contributed by atoms with Crippen LogP contribution in [0.25, 0.3) is 0 Å². The van der Waals surface area contributed by atoms with E-state index < -0.39 is 6.09 Å². The zero-order valence-electron chi connectivity index (χ0n) is 8.21. The van der Waals surface area contributed by atoms with E-state index in [0.717, 1.165) is 0 Å². The lowest BCUT2D eigenvalue weighted by atomic mass is 10.1. The van der Waals surface area contributed by atoms with Crippen LogP contribution in [0, 0.1) is 0 Å². The first kappa shape index (κ1) is 10.8. The van der Waals surface area contributed by atoms with Crippen LogP contribution in [0.5, 0.6) is 0 Å². The van der Waals surface area contributed by atoms with Gasteiger partial charge in [0.2, 0.25) is 0 Å². The van der Waals surface area contributed by atoms with Crippen LogP contribution in [0.2, 0.25) is 5.15 Å². The van der Waals surface area contributed by atoms with Crippen molar-refractivity contribution in [3.8, 4) is 0 Å². The van der Waals surface area contributed by atoms with E-state index >= 15 is 0 Å². The Balaban J connectivity index is 3.03. The van der Waals surface area contributed by atoms with Gasteiger partial charge in [-0.1, -0.05) is 11.6 Å². The largest absolute Gasteiger partial charge is 0.465 e. The van der Waals surface area contributed by atoms with Gasteiger partial charge in [0.1, 0.15) is 5.69 Å². The quantitative estimate of drug-likeness (QED) is 0.759. The van der Waals surface area contributed by atoms with Crippen LogP contribution in [-0.4, -0.2) is 21.0 Å². The number of rotatable bonds is 1. The molecular formula is C8H12ClN3O2. The van der Waals surface area contributed by atoms with E-state index in [1.807, 2.05) is 20.8 Å². The van der Waals surface area contributed by atoms with Crippen molar-refractivity contribution in [3.63, 3.8) is 0 Å². The molecule has 0 fully saturated rings. The van der Waals surface area contributed by atoms with Crippen LogP contribution in [0.1, 0.15) is 20.8 Å². The minimum Gasteiger partial charge on any atom is -0.465 e. The molecule has 0 unspecified atom stereocenters. The molecule has 0 aliphatic carbocycles. The van der Waals surface area contributed by atoms with Crippen molar-refractivity contribution >= 4 is 23.4 Å². The third-order valence-electron chi connectivity index (χ3n) is 1.59. The molecule has 0 bridgehead atoms. The number of hydrogen-bond donors (Lipinski definition) is 2. The summed E-state index contributed by atoms with van der Waals surface area (Å²) in [6, 6.07) is 0. The fraction of sp³-hybridized carbons (Fsp3) is 0.500. The second-order valence-corrected chi connectivity index (χ2v) is 4.22. The summed E-state index contributed by atoms with van der Waals surface area (Å²) in [5.41, 5.74) is 0.0317. The molecular weight excluding hydrogens is 206 g/mol. The van der Waals surface area contributed by atoms with Gasteiger partial charge in [0.05, 0.1) is 11.7 Å². The molecule has 0 radical (unpaired) electrons. The Labute approximate surface area is 86.7 Å². The average Bonchev–Trinajstić information content (AvgIpc) is 2.30. The van der Waals surface area contributed by atoms with Gasteiger partial charge < -0.3 is 5.11 Å². The molecule has 0 saturated carbocycles. The predicted octanol–water partition coefficient (Wildman–Crippen LogP) is 2.38. The van der Waals surface area contributed by atoms with Crippen molar-refractivity contribution in [1.29, 1.82) is 0 Å². The molecule has 1 rings (SSSR count). The number of carbonyl (C=O) groups is 1. The molecule has 1 aromatic rings. The lowest BCUT2D eigenvalue weighted by molar-refractivity contribution is 0.209. The Morgan fingerprint density at radius 3 is 2.57 bits per heavy atom. The summed E-state index contributed by atoms with van der Waals surface area (Å²) in [6.45, 7) is 5.78. The monoisotopic (exact) mass is 217 g/mol. The van der Waals surface area contributed by atoms with Crippen molar-refractivity contribution < 1.29 is 9.90 Å². The Morgan fingerprint density at radius 1 is 1.64 bits per heavy atom. The smallest absolute Gasteiger partial charge is 0.409 e. The first-order chi connectivity index (χ1) is 6.32. The molecule has 1 heterocycles. The number of nitrogens with zero attached hydrogens (tertiary/aromatic N) is 2. The topological polar surface area (TPSA) is 67.2 Å². The lowest BCUT2D eigenvalue weighted by Crippen LogP contribution is -2.23. The van der Waals surface area contributed by atoms with Gasteiger partial charge >= 0.3 is 6.09 Å². The van der Waals surface area contributed by atoms with Crippen LogP contribution in [0.3, 0.4) is 0 Å². The van der Waals surface area contributed by atoms with E-state index in [1.54, 1.807) is 4.68 Å². The summed E-state index contributed by atoms with van der Waals surface area (Å²) in [4.78, 5) is 10.4.